The molecule has 0 aromatic carbocycles. The number of esters is 1. The molecular weight excluding hydrogens is 176 g/mol. The molecule has 0 heterocycles. The molecule has 0 radical (unpaired) electrons. The van der Waals surface area contributed by atoms with Gasteiger partial charge in [0.2, 0.25) is 0 Å². The Labute approximate surface area is 85.6 Å². The average molecular weight is 194 g/mol. The summed E-state index contributed by atoms with van der Waals surface area (Å²) in [4.78, 5) is 10.9. The van der Waals surface area contributed by atoms with Crippen LogP contribution >= 0.6 is 0 Å². The van der Waals surface area contributed by atoms with Crippen LogP contribution in [0, 0.1) is 5.41 Å². The molecule has 1 aliphatic rings. The first-order chi connectivity index (χ1) is 6.47. The predicted molar refractivity (Wildman–Crippen MR) is 56.8 cm³/mol. The standard InChI is InChI=1S/C12H18O2/c1-9(2)12(4)8-6-5-7-11(12)14-10(3)13/h5,7,11H,1,6,8H2,2-4H3/t11-,12-/m0/s1. The van der Waals surface area contributed by atoms with E-state index in [1.807, 2.05) is 13.0 Å². The normalized spacial score (nSPS) is 31.2. The van der Waals surface area contributed by atoms with Crippen LogP contribution in [-0.2, 0) is 9.53 Å². The Hall–Kier alpha value is -1.05. The van der Waals surface area contributed by atoms with Gasteiger partial charge in [-0.3, -0.25) is 4.79 Å². The van der Waals surface area contributed by atoms with Crippen molar-refractivity contribution in [2.75, 3.05) is 0 Å². The zero-order chi connectivity index (χ0) is 10.8. The molecule has 0 aromatic rings. The van der Waals surface area contributed by atoms with Crippen LogP contribution in [0.1, 0.15) is 33.6 Å². The molecule has 1 aliphatic carbocycles. The van der Waals surface area contributed by atoms with Gasteiger partial charge in [-0.1, -0.05) is 25.2 Å². The Kier molecular flexibility index (Phi) is 3.14. The summed E-state index contributed by atoms with van der Waals surface area (Å²) in [6.07, 6.45) is 5.92. The van der Waals surface area contributed by atoms with Gasteiger partial charge in [0.15, 0.2) is 0 Å². The third kappa shape index (κ3) is 2.06. The van der Waals surface area contributed by atoms with E-state index in [1.165, 1.54) is 6.92 Å². The lowest BCUT2D eigenvalue weighted by Gasteiger charge is -2.38. The number of carbonyl (C=O) groups is 1. The Balaban J connectivity index is 2.87. The van der Waals surface area contributed by atoms with Crippen molar-refractivity contribution in [2.24, 2.45) is 5.41 Å². The Morgan fingerprint density at radius 1 is 1.57 bits per heavy atom. The largest absolute Gasteiger partial charge is 0.457 e. The third-order valence-corrected chi connectivity index (χ3v) is 3.04. The summed E-state index contributed by atoms with van der Waals surface area (Å²) in [6, 6.07) is 0. The van der Waals surface area contributed by atoms with Crippen LogP contribution < -0.4 is 0 Å². The SMILES string of the molecule is C=C(C)[C@]1(C)CCC=C[C@@H]1OC(C)=O. The molecule has 0 amide bonds. The van der Waals surface area contributed by atoms with Crippen LogP contribution in [-0.4, -0.2) is 12.1 Å². The fraction of sp³-hybridized carbons (Fsp3) is 0.583. The molecular formula is C12H18O2. The average Bonchev–Trinajstić information content (AvgIpc) is 2.08. The van der Waals surface area contributed by atoms with E-state index in [-0.39, 0.29) is 17.5 Å². The van der Waals surface area contributed by atoms with Gasteiger partial charge in [-0.25, -0.2) is 0 Å². The zero-order valence-corrected chi connectivity index (χ0v) is 9.17. The highest BCUT2D eigenvalue weighted by atomic mass is 16.5. The van der Waals surface area contributed by atoms with Gasteiger partial charge in [0.05, 0.1) is 0 Å². The van der Waals surface area contributed by atoms with Crippen LogP contribution in [0.15, 0.2) is 24.3 Å². The van der Waals surface area contributed by atoms with E-state index in [4.69, 9.17) is 4.74 Å². The smallest absolute Gasteiger partial charge is 0.303 e. The van der Waals surface area contributed by atoms with Gasteiger partial charge in [0.25, 0.3) is 0 Å². The first-order valence-corrected chi connectivity index (χ1v) is 4.96. The maximum absolute atomic E-state index is 10.9. The topological polar surface area (TPSA) is 26.3 Å². The third-order valence-electron chi connectivity index (χ3n) is 3.04. The van der Waals surface area contributed by atoms with E-state index in [9.17, 15) is 4.79 Å². The first-order valence-electron chi connectivity index (χ1n) is 4.96. The highest BCUT2D eigenvalue weighted by Gasteiger charge is 2.37. The molecule has 0 unspecified atom stereocenters. The summed E-state index contributed by atoms with van der Waals surface area (Å²) in [6.45, 7) is 9.53. The second kappa shape index (κ2) is 3.99. The van der Waals surface area contributed by atoms with Crippen LogP contribution in [0.5, 0.6) is 0 Å². The van der Waals surface area contributed by atoms with Gasteiger partial charge >= 0.3 is 5.97 Å². The highest BCUT2D eigenvalue weighted by molar-refractivity contribution is 5.66. The summed E-state index contributed by atoms with van der Waals surface area (Å²) in [5, 5.41) is 0. The summed E-state index contributed by atoms with van der Waals surface area (Å²) in [7, 11) is 0. The molecule has 78 valence electrons. The molecule has 1 rings (SSSR count). The molecule has 0 aromatic heterocycles. The molecule has 0 saturated carbocycles. The Morgan fingerprint density at radius 3 is 2.71 bits per heavy atom. The maximum atomic E-state index is 10.9. The second-order valence-corrected chi connectivity index (χ2v) is 4.19. The minimum absolute atomic E-state index is 0.0968. The van der Waals surface area contributed by atoms with Crippen molar-refractivity contribution in [1.29, 1.82) is 0 Å². The van der Waals surface area contributed by atoms with Gasteiger partial charge in [0.1, 0.15) is 6.10 Å². The fourth-order valence-electron chi connectivity index (χ4n) is 1.76. The van der Waals surface area contributed by atoms with Gasteiger partial charge in [-0.05, 0) is 25.8 Å². The van der Waals surface area contributed by atoms with Crippen molar-refractivity contribution in [3.05, 3.63) is 24.3 Å². The molecule has 2 heteroatoms. The van der Waals surface area contributed by atoms with Crippen LogP contribution in [0.3, 0.4) is 0 Å². The summed E-state index contributed by atoms with van der Waals surface area (Å²) in [5.41, 5.74) is 0.980. The lowest BCUT2D eigenvalue weighted by molar-refractivity contribution is -0.148. The molecule has 0 bridgehead atoms. The van der Waals surface area contributed by atoms with E-state index in [0.29, 0.717) is 0 Å². The highest BCUT2D eigenvalue weighted by Crippen LogP contribution is 2.40. The molecule has 14 heavy (non-hydrogen) atoms. The Morgan fingerprint density at radius 2 is 2.21 bits per heavy atom. The van der Waals surface area contributed by atoms with Gasteiger partial charge in [-0.15, -0.1) is 0 Å². The van der Waals surface area contributed by atoms with E-state index in [2.05, 4.69) is 19.6 Å². The fourth-order valence-corrected chi connectivity index (χ4v) is 1.76. The first kappa shape index (κ1) is 11.0. The van der Waals surface area contributed by atoms with Gasteiger partial charge < -0.3 is 4.74 Å². The number of rotatable bonds is 2. The van der Waals surface area contributed by atoms with Crippen molar-refractivity contribution < 1.29 is 9.53 Å². The minimum atomic E-state index is -0.228. The maximum Gasteiger partial charge on any atom is 0.303 e. The summed E-state index contributed by atoms with van der Waals surface area (Å²) < 4.78 is 5.28. The second-order valence-electron chi connectivity index (χ2n) is 4.19. The molecule has 0 saturated heterocycles. The number of allylic oxidation sites excluding steroid dienone is 1. The number of hydrogen-bond acceptors (Lipinski definition) is 2. The minimum Gasteiger partial charge on any atom is -0.457 e. The van der Waals surface area contributed by atoms with Crippen molar-refractivity contribution in [1.82, 2.24) is 0 Å². The van der Waals surface area contributed by atoms with Crippen molar-refractivity contribution in [2.45, 2.75) is 39.7 Å². The Bertz CT molecular complexity index is 278. The molecule has 0 spiro atoms. The van der Waals surface area contributed by atoms with Gasteiger partial charge in [-0.2, -0.15) is 0 Å². The number of hydrogen-bond donors (Lipinski definition) is 0. The van der Waals surface area contributed by atoms with Crippen molar-refractivity contribution in [3.63, 3.8) is 0 Å². The van der Waals surface area contributed by atoms with Crippen LogP contribution in [0.4, 0.5) is 0 Å². The predicted octanol–water partition coefficient (Wildman–Crippen LogP) is 2.85. The quantitative estimate of drug-likeness (QED) is 0.499. The van der Waals surface area contributed by atoms with E-state index < -0.39 is 0 Å². The monoisotopic (exact) mass is 194 g/mol. The number of ether oxygens (including phenoxy) is 1. The molecule has 0 fully saturated rings. The molecule has 2 nitrogen and oxygen atoms in total. The lowest BCUT2D eigenvalue weighted by Crippen LogP contribution is -2.37. The van der Waals surface area contributed by atoms with Crippen LogP contribution in [0.25, 0.3) is 0 Å². The molecule has 0 aliphatic heterocycles. The zero-order valence-electron chi connectivity index (χ0n) is 9.17. The molecule has 0 N–H and O–H groups in total. The van der Waals surface area contributed by atoms with E-state index in [0.717, 1.165) is 18.4 Å². The van der Waals surface area contributed by atoms with Crippen LogP contribution in [0.2, 0.25) is 0 Å². The number of carbonyl (C=O) groups excluding carboxylic acids is 1. The van der Waals surface area contributed by atoms with Crippen molar-refractivity contribution >= 4 is 5.97 Å². The van der Waals surface area contributed by atoms with E-state index >= 15 is 0 Å². The summed E-state index contributed by atoms with van der Waals surface area (Å²) >= 11 is 0. The van der Waals surface area contributed by atoms with E-state index in [1.54, 1.807) is 0 Å². The lowest BCUT2D eigenvalue weighted by atomic mass is 9.72. The van der Waals surface area contributed by atoms with Gasteiger partial charge in [0, 0.05) is 12.3 Å². The van der Waals surface area contributed by atoms with Crippen molar-refractivity contribution in [3.8, 4) is 0 Å². The molecule has 2 atom stereocenters. The summed E-state index contributed by atoms with van der Waals surface area (Å²) in [5.74, 6) is -0.228.